The van der Waals surface area contributed by atoms with Gasteiger partial charge in [-0.05, 0) is 44.9 Å². The first-order valence-electron chi connectivity index (χ1n) is 8.88. The van der Waals surface area contributed by atoms with Gasteiger partial charge in [0, 0.05) is 5.41 Å². The van der Waals surface area contributed by atoms with E-state index in [0.29, 0.717) is 13.0 Å². The van der Waals surface area contributed by atoms with Gasteiger partial charge in [-0.25, -0.2) is 0 Å². The van der Waals surface area contributed by atoms with Crippen molar-refractivity contribution in [2.75, 3.05) is 12.8 Å². The number of rotatable bonds is 11. The highest BCUT2D eigenvalue weighted by Crippen LogP contribution is 2.20. The first kappa shape index (κ1) is 23.4. The van der Waals surface area contributed by atoms with Crippen LogP contribution in [0.1, 0.15) is 60.8 Å². The number of ketones is 1. The van der Waals surface area contributed by atoms with Crippen molar-refractivity contribution in [2.24, 2.45) is 17.1 Å². The second kappa shape index (κ2) is 11.1. The van der Waals surface area contributed by atoms with Crippen LogP contribution in [0.5, 0.6) is 0 Å². The molecule has 1 unspecified atom stereocenters. The molecule has 1 amide bonds. The lowest BCUT2D eigenvalue weighted by molar-refractivity contribution is -0.133. The highest BCUT2D eigenvalue weighted by Gasteiger charge is 2.33. The average molecular weight is 360 g/mol. The zero-order valence-corrected chi connectivity index (χ0v) is 17.3. The fourth-order valence-electron chi connectivity index (χ4n) is 2.44. The van der Waals surface area contributed by atoms with E-state index in [9.17, 15) is 9.59 Å². The van der Waals surface area contributed by atoms with Crippen LogP contribution in [0, 0.1) is 11.3 Å². The molecule has 3 atom stereocenters. The number of carbonyl (C=O) groups excluding carboxylic acids is 2. The monoisotopic (exact) mass is 359 g/mol. The van der Waals surface area contributed by atoms with Crippen molar-refractivity contribution in [1.82, 2.24) is 10.6 Å². The maximum absolute atomic E-state index is 12.8. The Morgan fingerprint density at radius 3 is 2.12 bits per heavy atom. The van der Waals surface area contributed by atoms with E-state index in [2.05, 4.69) is 10.6 Å². The summed E-state index contributed by atoms with van der Waals surface area (Å²) in [5.41, 5.74) is 5.07. The van der Waals surface area contributed by atoms with E-state index in [1.807, 2.05) is 47.8 Å². The molecule has 0 aliphatic carbocycles. The van der Waals surface area contributed by atoms with Gasteiger partial charge in [0.05, 0.1) is 17.5 Å². The minimum absolute atomic E-state index is 0.0771. The van der Waals surface area contributed by atoms with Crippen molar-refractivity contribution in [2.45, 2.75) is 78.3 Å². The summed E-state index contributed by atoms with van der Waals surface area (Å²) < 4.78 is 0. The van der Waals surface area contributed by atoms with Crippen LogP contribution in [0.3, 0.4) is 0 Å². The molecule has 0 rings (SSSR count). The van der Waals surface area contributed by atoms with Gasteiger partial charge in [-0.15, -0.1) is 11.8 Å². The average Bonchev–Trinajstić information content (AvgIpc) is 2.49. The Balaban J connectivity index is 5.07. The third kappa shape index (κ3) is 8.49. The molecule has 0 bridgehead atoms. The number of hydrogen-bond acceptors (Lipinski definition) is 5. The summed E-state index contributed by atoms with van der Waals surface area (Å²) in [7, 11) is 0. The Morgan fingerprint density at radius 2 is 1.71 bits per heavy atom. The Kier molecular flexibility index (Phi) is 10.8. The Morgan fingerprint density at radius 1 is 1.12 bits per heavy atom. The maximum atomic E-state index is 12.8. The van der Waals surface area contributed by atoms with Gasteiger partial charge < -0.3 is 11.1 Å². The zero-order chi connectivity index (χ0) is 18.9. The van der Waals surface area contributed by atoms with Crippen LogP contribution in [0.15, 0.2) is 0 Å². The number of hydrogen-bond donors (Lipinski definition) is 3. The van der Waals surface area contributed by atoms with E-state index in [1.54, 1.807) is 11.8 Å². The Hall–Kier alpha value is -0.590. The second-order valence-electron chi connectivity index (χ2n) is 7.73. The molecule has 0 saturated carbocycles. The van der Waals surface area contributed by atoms with E-state index in [0.717, 1.165) is 12.8 Å². The highest BCUT2D eigenvalue weighted by molar-refractivity contribution is 7.99. The van der Waals surface area contributed by atoms with Gasteiger partial charge in [-0.1, -0.05) is 34.6 Å². The molecular weight excluding hydrogens is 322 g/mol. The first-order chi connectivity index (χ1) is 11.0. The van der Waals surface area contributed by atoms with Crippen molar-refractivity contribution >= 4 is 23.5 Å². The number of thioether (sulfide) groups is 1. The molecule has 0 aromatic heterocycles. The Labute approximate surface area is 152 Å². The quantitative estimate of drug-likeness (QED) is 0.390. The van der Waals surface area contributed by atoms with Crippen LogP contribution in [-0.4, -0.2) is 41.9 Å². The lowest BCUT2D eigenvalue weighted by Gasteiger charge is -2.30. The molecule has 0 heterocycles. The minimum Gasteiger partial charge on any atom is -0.345 e. The number of unbranched alkanes of at least 4 members (excludes halogenated alkanes) is 1. The van der Waals surface area contributed by atoms with E-state index >= 15 is 0 Å². The van der Waals surface area contributed by atoms with E-state index in [1.165, 1.54) is 0 Å². The highest BCUT2D eigenvalue weighted by atomic mass is 32.2. The molecule has 6 heteroatoms. The summed E-state index contributed by atoms with van der Waals surface area (Å²) in [5, 5.41) is 6.51. The maximum Gasteiger partial charge on any atom is 0.238 e. The number of nitrogens with one attached hydrogen (secondary N) is 2. The summed E-state index contributed by atoms with van der Waals surface area (Å²) in [6, 6.07) is -0.756. The van der Waals surface area contributed by atoms with Crippen LogP contribution < -0.4 is 16.4 Å². The minimum atomic E-state index is -0.478. The molecule has 0 aliphatic heterocycles. The molecule has 5 nitrogen and oxygen atoms in total. The van der Waals surface area contributed by atoms with E-state index in [-0.39, 0.29) is 29.0 Å². The second-order valence-corrected chi connectivity index (χ2v) is 8.90. The van der Waals surface area contributed by atoms with Gasteiger partial charge in [0.1, 0.15) is 0 Å². The zero-order valence-electron chi connectivity index (χ0n) is 16.4. The van der Waals surface area contributed by atoms with Gasteiger partial charge in [0.25, 0.3) is 0 Å². The predicted molar refractivity (Wildman–Crippen MR) is 104 cm³/mol. The summed E-state index contributed by atoms with van der Waals surface area (Å²) in [4.78, 5) is 25.4. The lowest BCUT2D eigenvalue weighted by atomic mass is 9.84. The molecule has 0 radical (unpaired) electrons. The third-order valence-electron chi connectivity index (χ3n) is 4.04. The third-order valence-corrected chi connectivity index (χ3v) is 4.88. The molecular formula is C18H37N3O2S. The summed E-state index contributed by atoms with van der Waals surface area (Å²) in [6.45, 7) is 12.3. The summed E-state index contributed by atoms with van der Waals surface area (Å²) >= 11 is 1.66. The SMILES string of the molecule is CSC(C)N[C@H](C(=O)N[C@@H](CCCCN)C(=O)C(C)(C)C)C(C)C. The first-order valence-corrected chi connectivity index (χ1v) is 10.2. The van der Waals surface area contributed by atoms with Crippen LogP contribution in [0.2, 0.25) is 0 Å². The molecule has 0 spiro atoms. The topological polar surface area (TPSA) is 84.2 Å². The summed E-state index contributed by atoms with van der Waals surface area (Å²) in [5.74, 6) is 0.128. The number of amides is 1. The molecule has 0 aliphatic rings. The molecule has 4 N–H and O–H groups in total. The molecule has 0 fully saturated rings. The normalized spacial score (nSPS) is 15.9. The summed E-state index contributed by atoms with van der Waals surface area (Å²) in [6.07, 6.45) is 4.34. The van der Waals surface area contributed by atoms with E-state index in [4.69, 9.17) is 5.73 Å². The van der Waals surface area contributed by atoms with Gasteiger partial charge in [0.2, 0.25) is 5.91 Å². The van der Waals surface area contributed by atoms with Gasteiger partial charge in [-0.3, -0.25) is 14.9 Å². The number of carbonyl (C=O) groups is 2. The van der Waals surface area contributed by atoms with Crippen molar-refractivity contribution in [1.29, 1.82) is 0 Å². The molecule has 0 saturated heterocycles. The molecule has 0 aromatic rings. The van der Waals surface area contributed by atoms with Gasteiger partial charge in [0.15, 0.2) is 5.78 Å². The molecule has 142 valence electrons. The van der Waals surface area contributed by atoms with Crippen molar-refractivity contribution < 1.29 is 9.59 Å². The van der Waals surface area contributed by atoms with E-state index < -0.39 is 11.5 Å². The van der Waals surface area contributed by atoms with Crippen molar-refractivity contribution in [3.05, 3.63) is 0 Å². The fraction of sp³-hybridized carbons (Fsp3) is 0.889. The van der Waals surface area contributed by atoms with Crippen molar-refractivity contribution in [3.63, 3.8) is 0 Å². The number of nitrogens with two attached hydrogens (primary N) is 1. The lowest BCUT2D eigenvalue weighted by Crippen LogP contribution is -2.55. The standard InChI is InChI=1S/C18H37N3O2S/c1-12(2)15(20-13(3)24-7)17(23)21-14(10-8-9-11-19)16(22)18(4,5)6/h12-15,20H,8-11,19H2,1-7H3,(H,21,23)/t13?,14-,15-/m0/s1. The Bertz CT molecular complexity index is 394. The fourth-order valence-corrected chi connectivity index (χ4v) is 2.72. The molecule has 0 aromatic carbocycles. The van der Waals surface area contributed by atoms with Crippen molar-refractivity contribution in [3.8, 4) is 0 Å². The van der Waals surface area contributed by atoms with Crippen LogP contribution in [0.25, 0.3) is 0 Å². The van der Waals surface area contributed by atoms with Gasteiger partial charge >= 0.3 is 0 Å². The van der Waals surface area contributed by atoms with Crippen LogP contribution >= 0.6 is 11.8 Å². The van der Waals surface area contributed by atoms with Crippen LogP contribution in [0.4, 0.5) is 0 Å². The largest absolute Gasteiger partial charge is 0.345 e. The predicted octanol–water partition coefficient (Wildman–Crippen LogP) is 2.54. The molecule has 24 heavy (non-hydrogen) atoms. The van der Waals surface area contributed by atoms with Gasteiger partial charge in [-0.2, -0.15) is 0 Å². The smallest absolute Gasteiger partial charge is 0.238 e. The van der Waals surface area contributed by atoms with Crippen LogP contribution in [-0.2, 0) is 9.59 Å². The number of Topliss-reactive ketones (excluding diaryl/α,β-unsaturated/α-hetero) is 1.